The number of alkyl halides is 3. The summed E-state index contributed by atoms with van der Waals surface area (Å²) in [7, 11) is 0. The van der Waals surface area contributed by atoms with E-state index in [1.54, 1.807) is 19.2 Å². The summed E-state index contributed by atoms with van der Waals surface area (Å²) in [4.78, 5) is 23.1. The molecule has 0 bridgehead atoms. The average molecular weight is 270 g/mol. The smallest absolute Gasteiger partial charge is 0.405 e. The Morgan fingerprint density at radius 2 is 1.89 bits per heavy atom. The number of amides is 1. The van der Waals surface area contributed by atoms with Gasteiger partial charge in [0.2, 0.25) is 5.91 Å². The van der Waals surface area contributed by atoms with Gasteiger partial charge in [0.1, 0.15) is 6.54 Å². The third-order valence-electron chi connectivity index (χ3n) is 2.18. The molecule has 8 heteroatoms. The van der Waals surface area contributed by atoms with Crippen LogP contribution in [0, 0.1) is 0 Å². The van der Waals surface area contributed by atoms with Crippen molar-refractivity contribution >= 4 is 11.9 Å². The van der Waals surface area contributed by atoms with Crippen LogP contribution in [0.2, 0.25) is 0 Å². The molecule has 1 amide bonds. The van der Waals surface area contributed by atoms with Gasteiger partial charge in [-0.1, -0.05) is 0 Å². The molecule has 0 saturated heterocycles. The van der Waals surface area contributed by atoms with Crippen LogP contribution >= 0.6 is 0 Å². The van der Waals surface area contributed by atoms with Gasteiger partial charge >= 0.3 is 12.1 Å². The van der Waals surface area contributed by atoms with Gasteiger partial charge in [0, 0.05) is 12.6 Å². The zero-order valence-electron chi connectivity index (χ0n) is 10.3. The highest BCUT2D eigenvalue weighted by molar-refractivity contribution is 5.78. The molecule has 0 radical (unpaired) electrons. The average Bonchev–Trinajstić information content (AvgIpc) is 2.19. The first-order valence-corrected chi connectivity index (χ1v) is 5.41. The summed E-state index contributed by atoms with van der Waals surface area (Å²) in [6, 6.07) is -0.124. The van der Waals surface area contributed by atoms with Gasteiger partial charge < -0.3 is 10.4 Å². The first-order valence-electron chi connectivity index (χ1n) is 5.41. The van der Waals surface area contributed by atoms with Crippen molar-refractivity contribution in [2.45, 2.75) is 32.5 Å². The fourth-order valence-corrected chi connectivity index (χ4v) is 1.20. The Morgan fingerprint density at radius 3 is 2.28 bits per heavy atom. The minimum atomic E-state index is -4.45. The maximum absolute atomic E-state index is 11.9. The Kier molecular flexibility index (Phi) is 6.67. The fraction of sp³-hybridized carbons (Fsp3) is 0.800. The minimum Gasteiger partial charge on any atom is -0.481 e. The van der Waals surface area contributed by atoms with E-state index >= 15 is 0 Å². The second kappa shape index (κ2) is 7.20. The molecule has 0 heterocycles. The van der Waals surface area contributed by atoms with Gasteiger partial charge in [-0.3, -0.25) is 14.5 Å². The van der Waals surface area contributed by atoms with Gasteiger partial charge in [-0.05, 0) is 13.8 Å². The number of aliphatic carboxylic acids is 1. The lowest BCUT2D eigenvalue weighted by Crippen LogP contribution is -2.44. The third-order valence-corrected chi connectivity index (χ3v) is 2.18. The van der Waals surface area contributed by atoms with E-state index in [9.17, 15) is 22.8 Å². The predicted octanol–water partition coefficient (Wildman–Crippen LogP) is 0.850. The summed E-state index contributed by atoms with van der Waals surface area (Å²) in [6.07, 6.45) is -4.61. The summed E-state index contributed by atoms with van der Waals surface area (Å²) in [5.74, 6) is -1.79. The number of nitrogens with zero attached hydrogens (tertiary/aromatic N) is 1. The topological polar surface area (TPSA) is 69.6 Å². The van der Waals surface area contributed by atoms with Crippen LogP contribution in [0.15, 0.2) is 0 Å². The lowest BCUT2D eigenvalue weighted by molar-refractivity contribution is -0.140. The Balaban J connectivity index is 4.16. The van der Waals surface area contributed by atoms with Crippen LogP contribution in [0.5, 0.6) is 0 Å². The molecule has 2 N–H and O–H groups in total. The fourth-order valence-electron chi connectivity index (χ4n) is 1.20. The van der Waals surface area contributed by atoms with Crippen LogP contribution in [0.3, 0.4) is 0 Å². The van der Waals surface area contributed by atoms with Crippen LogP contribution < -0.4 is 5.32 Å². The number of hydrogen-bond acceptors (Lipinski definition) is 3. The molecule has 0 aromatic rings. The van der Waals surface area contributed by atoms with Gasteiger partial charge in [-0.2, -0.15) is 13.2 Å². The van der Waals surface area contributed by atoms with E-state index in [1.165, 1.54) is 4.90 Å². The lowest BCUT2D eigenvalue weighted by atomic mass is 10.2. The number of halogens is 3. The quantitative estimate of drug-likeness (QED) is 0.719. The molecule has 0 aliphatic carbocycles. The summed E-state index contributed by atoms with van der Waals surface area (Å²) in [6.45, 7) is 1.96. The lowest BCUT2D eigenvalue weighted by Gasteiger charge is -2.25. The van der Waals surface area contributed by atoms with E-state index in [-0.39, 0.29) is 25.6 Å². The molecular weight excluding hydrogens is 253 g/mol. The monoisotopic (exact) mass is 270 g/mol. The van der Waals surface area contributed by atoms with Crippen molar-refractivity contribution in [3.63, 3.8) is 0 Å². The SMILES string of the molecule is CC(C)N(CCC(=O)O)CC(=O)NCC(F)(F)F. The second-order valence-electron chi connectivity index (χ2n) is 4.10. The molecule has 0 atom stereocenters. The number of carbonyl (C=O) groups excluding carboxylic acids is 1. The predicted molar refractivity (Wildman–Crippen MR) is 58.0 cm³/mol. The zero-order chi connectivity index (χ0) is 14.3. The number of carboxylic acids is 1. The van der Waals surface area contributed by atoms with E-state index in [0.717, 1.165) is 0 Å². The molecule has 106 valence electrons. The first kappa shape index (κ1) is 16.7. The highest BCUT2D eigenvalue weighted by Gasteiger charge is 2.28. The summed E-state index contributed by atoms with van der Waals surface area (Å²) in [5.41, 5.74) is 0. The number of carbonyl (C=O) groups is 2. The molecule has 0 aliphatic heterocycles. The molecule has 0 aliphatic rings. The zero-order valence-corrected chi connectivity index (χ0v) is 10.3. The maximum atomic E-state index is 11.9. The van der Waals surface area contributed by atoms with Crippen molar-refractivity contribution in [1.29, 1.82) is 0 Å². The molecule has 0 aromatic carbocycles. The Morgan fingerprint density at radius 1 is 1.33 bits per heavy atom. The van der Waals surface area contributed by atoms with Crippen LogP contribution in [0.1, 0.15) is 20.3 Å². The molecule has 18 heavy (non-hydrogen) atoms. The van der Waals surface area contributed by atoms with Crippen molar-refractivity contribution < 1.29 is 27.9 Å². The van der Waals surface area contributed by atoms with Gasteiger partial charge in [-0.25, -0.2) is 0 Å². The van der Waals surface area contributed by atoms with Crippen LogP contribution in [-0.4, -0.2) is 53.7 Å². The minimum absolute atomic E-state index is 0.117. The van der Waals surface area contributed by atoms with Crippen LogP contribution in [0.4, 0.5) is 13.2 Å². The van der Waals surface area contributed by atoms with Crippen molar-refractivity contribution in [1.82, 2.24) is 10.2 Å². The standard InChI is InChI=1S/C10H17F3N2O3/c1-7(2)15(4-3-9(17)18)5-8(16)14-6-10(11,12)13/h7H,3-6H2,1-2H3,(H,14,16)(H,17,18). The Labute approximate surface area is 103 Å². The molecule has 0 saturated carbocycles. The molecule has 0 rings (SSSR count). The molecule has 5 nitrogen and oxygen atoms in total. The maximum Gasteiger partial charge on any atom is 0.405 e. The number of nitrogens with one attached hydrogen (secondary N) is 1. The van der Waals surface area contributed by atoms with E-state index in [1.807, 2.05) is 0 Å². The van der Waals surface area contributed by atoms with Gasteiger partial charge in [0.05, 0.1) is 13.0 Å². The third kappa shape index (κ3) is 8.80. The molecular formula is C10H17F3N2O3. The van der Waals surface area contributed by atoms with E-state index in [4.69, 9.17) is 5.11 Å². The first-order chi connectivity index (χ1) is 8.11. The van der Waals surface area contributed by atoms with E-state index < -0.39 is 24.6 Å². The van der Waals surface area contributed by atoms with E-state index in [0.29, 0.717) is 0 Å². The molecule has 0 unspecified atom stereocenters. The highest BCUT2D eigenvalue weighted by atomic mass is 19.4. The van der Waals surface area contributed by atoms with Crippen LogP contribution in [-0.2, 0) is 9.59 Å². The molecule has 0 spiro atoms. The Hall–Kier alpha value is -1.31. The van der Waals surface area contributed by atoms with Crippen LogP contribution in [0.25, 0.3) is 0 Å². The summed E-state index contributed by atoms with van der Waals surface area (Å²) in [5, 5.41) is 10.3. The normalized spacial score (nSPS) is 11.9. The van der Waals surface area contributed by atoms with Crippen molar-refractivity contribution in [3.8, 4) is 0 Å². The van der Waals surface area contributed by atoms with Crippen molar-refractivity contribution in [3.05, 3.63) is 0 Å². The molecule has 0 fully saturated rings. The van der Waals surface area contributed by atoms with E-state index in [2.05, 4.69) is 0 Å². The second-order valence-corrected chi connectivity index (χ2v) is 4.10. The number of hydrogen-bond donors (Lipinski definition) is 2. The summed E-state index contributed by atoms with van der Waals surface area (Å²) >= 11 is 0. The van der Waals surface area contributed by atoms with Gasteiger partial charge in [0.15, 0.2) is 0 Å². The van der Waals surface area contributed by atoms with Crippen molar-refractivity contribution in [2.24, 2.45) is 0 Å². The van der Waals surface area contributed by atoms with Gasteiger partial charge in [0.25, 0.3) is 0 Å². The largest absolute Gasteiger partial charge is 0.481 e. The molecule has 0 aromatic heterocycles. The van der Waals surface area contributed by atoms with Gasteiger partial charge in [-0.15, -0.1) is 0 Å². The highest BCUT2D eigenvalue weighted by Crippen LogP contribution is 2.12. The Bertz CT molecular complexity index is 293. The van der Waals surface area contributed by atoms with Crippen molar-refractivity contribution in [2.75, 3.05) is 19.6 Å². The number of rotatable bonds is 7. The summed E-state index contributed by atoms with van der Waals surface area (Å²) < 4.78 is 35.6. The number of carboxylic acid groups (broad SMARTS) is 1.